The highest BCUT2D eigenvalue weighted by atomic mass is 16.5. The summed E-state index contributed by atoms with van der Waals surface area (Å²) >= 11 is 0. The molecule has 6 heteroatoms. The molecule has 0 radical (unpaired) electrons. The highest BCUT2D eigenvalue weighted by Crippen LogP contribution is 2.19. The van der Waals surface area contributed by atoms with E-state index >= 15 is 0 Å². The molecule has 6 nitrogen and oxygen atoms in total. The summed E-state index contributed by atoms with van der Waals surface area (Å²) in [6, 6.07) is -0.544. The van der Waals surface area contributed by atoms with Crippen molar-refractivity contribution in [1.29, 1.82) is 0 Å². The summed E-state index contributed by atoms with van der Waals surface area (Å²) in [7, 11) is 0. The molecule has 0 saturated carbocycles. The Morgan fingerprint density at radius 3 is 0.899 bits per heavy atom. The molecule has 0 aromatic rings. The summed E-state index contributed by atoms with van der Waals surface area (Å²) in [6.45, 7) is 4.99. The summed E-state index contributed by atoms with van der Waals surface area (Å²) in [5.41, 5.74) is 0. The lowest BCUT2D eigenvalue weighted by Crippen LogP contribution is -2.45. The topological polar surface area (TPSA) is 95.9 Å². The highest BCUT2D eigenvalue weighted by Gasteiger charge is 2.20. The molecule has 0 heterocycles. The van der Waals surface area contributed by atoms with Crippen LogP contribution in [0.3, 0.4) is 0 Å². The number of rotatable bonds is 68. The molecular weight excluding hydrogens is 971 g/mol. The van der Waals surface area contributed by atoms with E-state index < -0.39 is 12.1 Å². The zero-order valence-corrected chi connectivity index (χ0v) is 53.6. The van der Waals surface area contributed by atoms with Crippen molar-refractivity contribution in [3.63, 3.8) is 0 Å². The van der Waals surface area contributed by atoms with Crippen molar-refractivity contribution < 1.29 is 24.5 Å². The minimum Gasteiger partial charge on any atom is -0.466 e. The normalized spacial score (nSPS) is 12.6. The Balaban J connectivity index is 3.38. The lowest BCUT2D eigenvalue weighted by atomic mass is 10.0. The molecule has 0 aliphatic carbocycles. The molecule has 468 valence electrons. The van der Waals surface area contributed by atoms with Crippen LogP contribution in [-0.2, 0) is 14.3 Å². The van der Waals surface area contributed by atoms with E-state index in [9.17, 15) is 19.8 Å². The van der Waals surface area contributed by atoms with Crippen LogP contribution in [0.25, 0.3) is 0 Å². The standard InChI is InChI=1S/C73H141NO5/c1-3-5-7-9-11-13-15-17-19-21-30-35-39-43-47-51-55-59-63-67-73(78)79-68-64-60-56-52-48-44-40-36-32-29-27-25-23-24-26-28-31-34-38-42-46-50-54-58-62-66-72(77)74-70(69-75)71(76)65-61-57-53-49-45-41-37-33-22-20-18-16-14-12-10-8-6-4-2/h17,19,24,26,70-71,75-76H,3-16,18,20-23,25,27-69H2,1-2H3,(H,74,77)/b19-17-,26-24-. The van der Waals surface area contributed by atoms with Gasteiger partial charge in [0.2, 0.25) is 5.91 Å². The number of carbonyl (C=O) groups excluding carboxylic acids is 2. The average Bonchev–Trinajstić information content (AvgIpc) is 3.45. The Labute approximate surface area is 494 Å². The Morgan fingerprint density at radius 2 is 0.595 bits per heavy atom. The molecule has 0 aromatic carbocycles. The monoisotopic (exact) mass is 1110 g/mol. The molecule has 1 amide bonds. The quantitative estimate of drug-likeness (QED) is 0.0320. The maximum atomic E-state index is 12.5. The lowest BCUT2D eigenvalue weighted by molar-refractivity contribution is -0.143. The van der Waals surface area contributed by atoms with Gasteiger partial charge in [0.25, 0.3) is 0 Å². The molecule has 0 aliphatic heterocycles. The molecule has 0 aromatic heterocycles. The van der Waals surface area contributed by atoms with Gasteiger partial charge in [0.1, 0.15) is 0 Å². The minimum atomic E-state index is -0.667. The maximum Gasteiger partial charge on any atom is 0.305 e. The van der Waals surface area contributed by atoms with Crippen molar-refractivity contribution in [2.45, 2.75) is 418 Å². The molecule has 2 unspecified atom stereocenters. The van der Waals surface area contributed by atoms with Gasteiger partial charge in [-0.3, -0.25) is 9.59 Å². The predicted molar refractivity (Wildman–Crippen MR) is 347 cm³/mol. The SMILES string of the molecule is CCCCCCCC/C=C\CCCCCCCCCCCC(=O)OCCCCCCCCCCCCCC/C=C\CCCCCCCCCCCC(=O)NC(CO)C(O)CCCCCCCCCCCCCCCCCCCC. The van der Waals surface area contributed by atoms with Crippen molar-refractivity contribution in [3.05, 3.63) is 24.3 Å². The van der Waals surface area contributed by atoms with Crippen LogP contribution in [-0.4, -0.2) is 47.4 Å². The Kier molecular flexibility index (Phi) is 67.4. The van der Waals surface area contributed by atoms with Crippen molar-refractivity contribution in [3.8, 4) is 0 Å². The summed E-state index contributed by atoms with van der Waals surface area (Å²) in [5, 5.41) is 23.4. The van der Waals surface area contributed by atoms with E-state index in [0.29, 0.717) is 25.9 Å². The minimum absolute atomic E-state index is 0.0140. The van der Waals surface area contributed by atoms with Gasteiger partial charge in [-0.1, -0.05) is 340 Å². The molecule has 0 spiro atoms. The second-order valence-corrected chi connectivity index (χ2v) is 24.9. The number of unbranched alkanes of at least 4 members (excludes halogenated alkanes) is 53. The Hall–Kier alpha value is -1.66. The molecule has 3 N–H and O–H groups in total. The number of hydrogen-bond acceptors (Lipinski definition) is 5. The molecule has 0 bridgehead atoms. The van der Waals surface area contributed by atoms with Crippen LogP contribution in [0, 0.1) is 0 Å². The molecule has 0 rings (SSSR count). The largest absolute Gasteiger partial charge is 0.466 e. The third-order valence-corrected chi connectivity index (χ3v) is 17.0. The van der Waals surface area contributed by atoms with Gasteiger partial charge in [0.05, 0.1) is 25.4 Å². The first kappa shape index (κ1) is 77.3. The van der Waals surface area contributed by atoms with Crippen LogP contribution in [0.4, 0.5) is 0 Å². The molecule has 2 atom stereocenters. The van der Waals surface area contributed by atoms with E-state index in [4.69, 9.17) is 4.74 Å². The van der Waals surface area contributed by atoms with Crippen molar-refractivity contribution in [2.75, 3.05) is 13.2 Å². The first-order valence-corrected chi connectivity index (χ1v) is 36.1. The fourth-order valence-electron chi connectivity index (χ4n) is 11.5. The number of hydrogen-bond donors (Lipinski definition) is 3. The third kappa shape index (κ3) is 65.4. The van der Waals surface area contributed by atoms with Crippen LogP contribution in [0.2, 0.25) is 0 Å². The predicted octanol–water partition coefficient (Wildman–Crippen LogP) is 23.3. The maximum absolute atomic E-state index is 12.5. The number of carbonyl (C=O) groups is 2. The number of esters is 1. The zero-order chi connectivity index (χ0) is 57.1. The number of aliphatic hydroxyl groups excluding tert-OH is 2. The lowest BCUT2D eigenvalue weighted by Gasteiger charge is -2.22. The molecule has 0 saturated heterocycles. The van der Waals surface area contributed by atoms with Gasteiger partial charge in [-0.05, 0) is 77.0 Å². The molecule has 79 heavy (non-hydrogen) atoms. The molecular formula is C73H141NO5. The molecule has 0 aliphatic rings. The fraction of sp³-hybridized carbons (Fsp3) is 0.918. The summed E-state index contributed by atoms with van der Waals surface area (Å²) in [5.74, 6) is -0.0203. The van der Waals surface area contributed by atoms with Gasteiger partial charge >= 0.3 is 5.97 Å². The van der Waals surface area contributed by atoms with E-state index in [0.717, 1.165) is 44.9 Å². The van der Waals surface area contributed by atoms with Gasteiger partial charge in [0, 0.05) is 12.8 Å². The van der Waals surface area contributed by atoms with Gasteiger partial charge in [-0.15, -0.1) is 0 Å². The first-order chi connectivity index (χ1) is 39.0. The summed E-state index contributed by atoms with van der Waals surface area (Å²) < 4.78 is 5.51. The van der Waals surface area contributed by atoms with E-state index in [2.05, 4.69) is 43.5 Å². The van der Waals surface area contributed by atoms with Crippen molar-refractivity contribution >= 4 is 11.9 Å². The van der Waals surface area contributed by atoms with Crippen LogP contribution in [0.15, 0.2) is 24.3 Å². The van der Waals surface area contributed by atoms with Crippen molar-refractivity contribution in [2.24, 2.45) is 0 Å². The Morgan fingerprint density at radius 1 is 0.342 bits per heavy atom. The van der Waals surface area contributed by atoms with E-state index in [1.54, 1.807) is 0 Å². The summed E-state index contributed by atoms with van der Waals surface area (Å²) in [6.07, 6.45) is 86.5. The Bertz CT molecular complexity index is 1230. The third-order valence-electron chi connectivity index (χ3n) is 17.0. The fourth-order valence-corrected chi connectivity index (χ4v) is 11.5. The van der Waals surface area contributed by atoms with E-state index in [1.807, 2.05) is 0 Å². The van der Waals surface area contributed by atoms with Crippen LogP contribution >= 0.6 is 0 Å². The van der Waals surface area contributed by atoms with Crippen molar-refractivity contribution in [1.82, 2.24) is 5.32 Å². The average molecular weight is 1110 g/mol. The van der Waals surface area contributed by atoms with E-state index in [1.165, 1.54) is 327 Å². The zero-order valence-electron chi connectivity index (χ0n) is 53.6. The second-order valence-electron chi connectivity index (χ2n) is 24.9. The van der Waals surface area contributed by atoms with Gasteiger partial charge in [0.15, 0.2) is 0 Å². The molecule has 0 fully saturated rings. The number of aliphatic hydroxyl groups is 2. The number of amides is 1. The van der Waals surface area contributed by atoms with E-state index in [-0.39, 0.29) is 18.5 Å². The summed E-state index contributed by atoms with van der Waals surface area (Å²) in [4.78, 5) is 24.6. The highest BCUT2D eigenvalue weighted by molar-refractivity contribution is 5.76. The van der Waals surface area contributed by atoms with Gasteiger partial charge in [-0.2, -0.15) is 0 Å². The number of ether oxygens (including phenoxy) is 1. The van der Waals surface area contributed by atoms with Crippen LogP contribution in [0.1, 0.15) is 406 Å². The first-order valence-electron chi connectivity index (χ1n) is 36.1. The van der Waals surface area contributed by atoms with Gasteiger partial charge in [-0.25, -0.2) is 0 Å². The van der Waals surface area contributed by atoms with Crippen LogP contribution in [0.5, 0.6) is 0 Å². The van der Waals surface area contributed by atoms with Gasteiger partial charge < -0.3 is 20.3 Å². The number of allylic oxidation sites excluding steroid dienone is 4. The second kappa shape index (κ2) is 68.8. The van der Waals surface area contributed by atoms with Crippen LogP contribution < -0.4 is 5.32 Å². The number of nitrogens with one attached hydrogen (secondary N) is 1. The smallest absolute Gasteiger partial charge is 0.305 e.